The number of likely N-dealkylation sites (N-methyl/N-ethyl adjacent to an activating group) is 1. The van der Waals surface area contributed by atoms with Gasteiger partial charge in [-0.25, -0.2) is 4.99 Å². The smallest absolute Gasteiger partial charge is 0.278 e. The molecule has 1 aliphatic heterocycles. The predicted molar refractivity (Wildman–Crippen MR) is 123 cm³/mol. The van der Waals surface area contributed by atoms with Crippen LogP contribution in [0.3, 0.4) is 0 Å². The van der Waals surface area contributed by atoms with E-state index >= 15 is 0 Å². The molecular formula is C21H27Cl2N3O2S. The van der Waals surface area contributed by atoms with Crippen molar-refractivity contribution < 1.29 is 9.59 Å². The van der Waals surface area contributed by atoms with Gasteiger partial charge < -0.3 is 5.32 Å². The molecule has 1 aromatic carbocycles. The van der Waals surface area contributed by atoms with Crippen LogP contribution in [0.2, 0.25) is 10.0 Å². The minimum Gasteiger partial charge on any atom is -0.355 e. The molecule has 0 aliphatic carbocycles. The molecule has 0 bridgehead atoms. The van der Waals surface area contributed by atoms with Gasteiger partial charge in [0.15, 0.2) is 5.17 Å². The van der Waals surface area contributed by atoms with Gasteiger partial charge in [0.25, 0.3) is 5.91 Å². The molecular weight excluding hydrogens is 429 g/mol. The number of amidine groups is 1. The van der Waals surface area contributed by atoms with Crippen molar-refractivity contribution in [2.24, 2.45) is 10.9 Å². The summed E-state index contributed by atoms with van der Waals surface area (Å²) in [4.78, 5) is 30.5. The van der Waals surface area contributed by atoms with E-state index in [1.54, 1.807) is 31.3 Å². The Labute approximate surface area is 186 Å². The summed E-state index contributed by atoms with van der Waals surface area (Å²) in [5.41, 5.74) is 0.948. The average molecular weight is 456 g/mol. The third-order valence-corrected chi connectivity index (χ3v) is 6.34. The Morgan fingerprint density at radius 1 is 1.34 bits per heavy atom. The van der Waals surface area contributed by atoms with E-state index < -0.39 is 0 Å². The Balaban J connectivity index is 1.94. The fraction of sp³-hybridized carbons (Fsp3) is 0.476. The van der Waals surface area contributed by atoms with Gasteiger partial charge in [-0.05, 0) is 36.1 Å². The summed E-state index contributed by atoms with van der Waals surface area (Å²) in [5, 5.41) is 4.47. The first kappa shape index (κ1) is 23.8. The topological polar surface area (TPSA) is 61.8 Å². The van der Waals surface area contributed by atoms with Gasteiger partial charge in [-0.2, -0.15) is 0 Å². The number of nitrogens with zero attached hydrogens (tertiary/aromatic N) is 2. The maximum absolute atomic E-state index is 12.5. The second kappa shape index (κ2) is 11.6. The molecule has 0 unspecified atom stereocenters. The maximum Gasteiger partial charge on any atom is 0.278 e. The third kappa shape index (κ3) is 7.05. The Morgan fingerprint density at radius 2 is 2.10 bits per heavy atom. The van der Waals surface area contributed by atoms with E-state index in [0.717, 1.165) is 19.3 Å². The predicted octanol–water partition coefficient (Wildman–Crippen LogP) is 5.23. The summed E-state index contributed by atoms with van der Waals surface area (Å²) < 4.78 is 0. The zero-order chi connectivity index (χ0) is 21.4. The molecule has 1 atom stereocenters. The molecule has 0 saturated heterocycles. The minimum atomic E-state index is -0.232. The summed E-state index contributed by atoms with van der Waals surface area (Å²) in [6, 6.07) is 5.06. The van der Waals surface area contributed by atoms with Crippen LogP contribution >= 0.6 is 35.0 Å². The van der Waals surface area contributed by atoms with Gasteiger partial charge in [-0.3, -0.25) is 14.5 Å². The van der Waals surface area contributed by atoms with Gasteiger partial charge >= 0.3 is 0 Å². The molecule has 0 fully saturated rings. The number of thioether (sulfide) groups is 1. The van der Waals surface area contributed by atoms with Crippen LogP contribution in [0.5, 0.6) is 0 Å². The zero-order valence-corrected chi connectivity index (χ0v) is 19.3. The largest absolute Gasteiger partial charge is 0.355 e. The first-order valence-corrected chi connectivity index (χ1v) is 11.5. The Bertz CT molecular complexity index is 811. The van der Waals surface area contributed by atoms with Crippen LogP contribution in [0.15, 0.2) is 28.9 Å². The molecule has 5 nitrogen and oxygen atoms in total. The lowest BCUT2D eigenvalue weighted by molar-refractivity contribution is -0.121. The summed E-state index contributed by atoms with van der Waals surface area (Å²) >= 11 is 13.3. The number of aliphatic imine (C=N–C) groups is 1. The summed E-state index contributed by atoms with van der Waals surface area (Å²) in [5.74, 6) is 0.446. The van der Waals surface area contributed by atoms with Gasteiger partial charge in [-0.15, -0.1) is 0 Å². The van der Waals surface area contributed by atoms with E-state index in [9.17, 15) is 9.59 Å². The van der Waals surface area contributed by atoms with E-state index in [2.05, 4.69) is 24.2 Å². The van der Waals surface area contributed by atoms with Crippen LogP contribution in [-0.2, 0) is 9.59 Å². The first-order valence-electron chi connectivity index (χ1n) is 9.78. The number of benzene rings is 1. The van der Waals surface area contributed by atoms with Gasteiger partial charge in [0.2, 0.25) is 5.91 Å². The molecule has 2 rings (SSSR count). The number of hydrogen-bond donors (Lipinski definition) is 1. The van der Waals surface area contributed by atoms with E-state index in [1.165, 1.54) is 23.1 Å². The number of hydrogen-bond acceptors (Lipinski definition) is 4. The van der Waals surface area contributed by atoms with Crippen LogP contribution < -0.4 is 5.32 Å². The van der Waals surface area contributed by atoms with Crippen molar-refractivity contribution >= 4 is 58.0 Å². The third-order valence-electron chi connectivity index (χ3n) is 4.75. The van der Waals surface area contributed by atoms with Crippen LogP contribution in [0, 0.1) is 5.92 Å². The zero-order valence-electron chi connectivity index (χ0n) is 17.0. The van der Waals surface area contributed by atoms with Crippen molar-refractivity contribution in [1.82, 2.24) is 10.2 Å². The highest BCUT2D eigenvalue weighted by Crippen LogP contribution is 2.27. The number of nitrogens with one attached hydrogen (secondary N) is 1. The van der Waals surface area contributed by atoms with Crippen molar-refractivity contribution in [2.75, 3.05) is 19.3 Å². The second-order valence-electron chi connectivity index (χ2n) is 6.96. The summed E-state index contributed by atoms with van der Waals surface area (Å²) in [6.45, 7) is 5.01. The molecule has 2 amide bonds. The molecule has 1 heterocycles. The van der Waals surface area contributed by atoms with Gasteiger partial charge in [-0.1, -0.05) is 74.1 Å². The highest BCUT2D eigenvalue weighted by molar-refractivity contribution is 8.14. The van der Waals surface area contributed by atoms with Crippen molar-refractivity contribution in [1.29, 1.82) is 0 Å². The lowest BCUT2D eigenvalue weighted by atomic mass is 9.99. The molecule has 8 heteroatoms. The highest BCUT2D eigenvalue weighted by atomic mass is 35.5. The Morgan fingerprint density at radius 3 is 2.76 bits per heavy atom. The molecule has 158 valence electrons. The quantitative estimate of drug-likeness (QED) is 0.518. The molecule has 1 N–H and O–H groups in total. The number of halogens is 2. The maximum atomic E-state index is 12.5. The standard InChI is InChI=1S/C21H27Cl2N3O2S/c1-4-6-7-14(5-2)12-24-19(27)13-29-21-25-18(20(28)26(21)3)10-15-8-9-16(22)11-17(15)23/h8-11,14H,4-7,12-13H2,1-3H3,(H,24,27)/b18-10-/t14-/m1/s1. The van der Waals surface area contributed by atoms with Crippen molar-refractivity contribution in [3.8, 4) is 0 Å². The molecule has 0 spiro atoms. The lowest BCUT2D eigenvalue weighted by Gasteiger charge is -2.15. The van der Waals surface area contributed by atoms with Crippen molar-refractivity contribution in [3.63, 3.8) is 0 Å². The SMILES string of the molecule is CCCC[C@@H](CC)CNC(=O)CSC1=N/C(=C\c2ccc(Cl)cc2Cl)C(=O)N1C. The molecule has 29 heavy (non-hydrogen) atoms. The minimum absolute atomic E-state index is 0.0494. The fourth-order valence-electron chi connectivity index (χ4n) is 2.86. The van der Waals surface area contributed by atoms with Crippen molar-refractivity contribution in [2.45, 2.75) is 39.5 Å². The van der Waals surface area contributed by atoms with Gasteiger partial charge in [0, 0.05) is 23.6 Å². The van der Waals surface area contributed by atoms with Crippen LogP contribution in [0.4, 0.5) is 0 Å². The van der Waals surface area contributed by atoms with Gasteiger partial charge in [0.05, 0.1) is 5.75 Å². The Hall–Kier alpha value is -1.50. The number of carbonyl (C=O) groups excluding carboxylic acids is 2. The second-order valence-corrected chi connectivity index (χ2v) is 8.75. The van der Waals surface area contributed by atoms with Gasteiger partial charge in [0.1, 0.15) is 5.70 Å². The van der Waals surface area contributed by atoms with Crippen LogP contribution in [-0.4, -0.2) is 41.2 Å². The monoisotopic (exact) mass is 455 g/mol. The Kier molecular flexibility index (Phi) is 9.53. The van der Waals surface area contributed by atoms with E-state index in [4.69, 9.17) is 23.2 Å². The van der Waals surface area contributed by atoms with E-state index in [-0.39, 0.29) is 23.3 Å². The molecule has 0 saturated carbocycles. The van der Waals surface area contributed by atoms with E-state index in [0.29, 0.717) is 33.2 Å². The molecule has 0 radical (unpaired) electrons. The summed E-state index contributed by atoms with van der Waals surface area (Å²) in [7, 11) is 1.65. The lowest BCUT2D eigenvalue weighted by Crippen LogP contribution is -2.32. The molecule has 1 aromatic rings. The first-order chi connectivity index (χ1) is 13.8. The number of amides is 2. The fourth-order valence-corrected chi connectivity index (χ4v) is 4.12. The molecule has 0 aromatic heterocycles. The number of rotatable bonds is 9. The number of unbranched alkanes of at least 4 members (excludes halogenated alkanes) is 1. The van der Waals surface area contributed by atoms with Crippen molar-refractivity contribution in [3.05, 3.63) is 39.5 Å². The van der Waals surface area contributed by atoms with E-state index in [1.807, 2.05) is 0 Å². The number of carbonyl (C=O) groups is 2. The summed E-state index contributed by atoms with van der Waals surface area (Å²) in [6.07, 6.45) is 6.16. The average Bonchev–Trinajstić information content (AvgIpc) is 2.96. The van der Waals surface area contributed by atoms with Crippen LogP contribution in [0.25, 0.3) is 6.08 Å². The molecule has 1 aliphatic rings. The normalized spacial score (nSPS) is 16.3. The highest BCUT2D eigenvalue weighted by Gasteiger charge is 2.28. The van der Waals surface area contributed by atoms with Crippen LogP contribution in [0.1, 0.15) is 45.1 Å².